The number of fused-ring (bicyclic) bond motifs is 1. The molecule has 10 heteroatoms. The Morgan fingerprint density at radius 3 is 2.57 bits per heavy atom. The number of nitro benzene ring substituents is 1. The van der Waals surface area contributed by atoms with Crippen molar-refractivity contribution in [3.63, 3.8) is 0 Å². The molecule has 0 radical (unpaired) electrons. The number of nitrogens with one attached hydrogen (secondary N) is 1. The zero-order valence-electron chi connectivity index (χ0n) is 15.9. The molecule has 0 fully saturated rings. The Kier molecular flexibility index (Phi) is 5.86. The van der Waals surface area contributed by atoms with E-state index >= 15 is 0 Å². The van der Waals surface area contributed by atoms with E-state index in [-0.39, 0.29) is 36.3 Å². The number of hydrogen-bond acceptors (Lipinski definition) is 7. The monoisotopic (exact) mass is 411 g/mol. The molecule has 3 amide bonds. The number of benzene rings is 2. The van der Waals surface area contributed by atoms with Crippen molar-refractivity contribution in [2.24, 2.45) is 0 Å². The highest BCUT2D eigenvalue weighted by Crippen LogP contribution is 2.30. The van der Waals surface area contributed by atoms with E-state index in [4.69, 9.17) is 4.74 Å². The van der Waals surface area contributed by atoms with Gasteiger partial charge in [0.2, 0.25) is 5.91 Å². The molecule has 1 aliphatic rings. The maximum atomic E-state index is 12.5. The fraction of sp³-hybridized carbons (Fsp3) is 0.200. The Hall–Kier alpha value is -4.08. The summed E-state index contributed by atoms with van der Waals surface area (Å²) in [4.78, 5) is 60.2. The second kappa shape index (κ2) is 8.52. The van der Waals surface area contributed by atoms with E-state index in [1.165, 1.54) is 18.2 Å². The number of nitrogens with zero attached hydrogens (tertiary/aromatic N) is 2. The Bertz CT molecular complexity index is 1060. The summed E-state index contributed by atoms with van der Waals surface area (Å²) in [5.41, 5.74) is -0.161. The van der Waals surface area contributed by atoms with Gasteiger partial charge in [0.25, 0.3) is 17.5 Å². The number of nitro groups is 1. The van der Waals surface area contributed by atoms with Crippen LogP contribution in [0.25, 0.3) is 0 Å². The highest BCUT2D eigenvalue weighted by Gasteiger charge is 2.40. The zero-order chi connectivity index (χ0) is 21.8. The largest absolute Gasteiger partial charge is 0.462 e. The predicted octanol–water partition coefficient (Wildman–Crippen LogP) is 2.40. The Morgan fingerprint density at radius 1 is 1.13 bits per heavy atom. The molecule has 0 atom stereocenters. The normalized spacial score (nSPS) is 12.5. The first kappa shape index (κ1) is 20.6. The predicted molar refractivity (Wildman–Crippen MR) is 104 cm³/mol. The van der Waals surface area contributed by atoms with Crippen LogP contribution in [0.2, 0.25) is 0 Å². The lowest BCUT2D eigenvalue weighted by Crippen LogP contribution is -2.33. The molecule has 0 aromatic heterocycles. The Morgan fingerprint density at radius 2 is 1.87 bits per heavy atom. The number of ether oxygens (including phenoxy) is 1. The van der Waals surface area contributed by atoms with Crippen molar-refractivity contribution in [3.05, 3.63) is 69.3 Å². The smallest absolute Gasteiger partial charge is 0.338 e. The maximum absolute atomic E-state index is 12.5. The van der Waals surface area contributed by atoms with Gasteiger partial charge in [0.15, 0.2) is 0 Å². The van der Waals surface area contributed by atoms with E-state index in [9.17, 15) is 29.3 Å². The second-order valence-corrected chi connectivity index (χ2v) is 6.32. The molecule has 0 saturated heterocycles. The SMILES string of the molecule is CCOC(=O)c1cccc(NC(=O)CCN2C(=O)c3cccc([N+](=O)[O-])c3C2=O)c1. The summed E-state index contributed by atoms with van der Waals surface area (Å²) in [6.45, 7) is 1.65. The van der Waals surface area contributed by atoms with Crippen LogP contribution < -0.4 is 5.32 Å². The van der Waals surface area contributed by atoms with Gasteiger partial charge in [0, 0.05) is 24.7 Å². The molecule has 0 unspecified atom stereocenters. The number of esters is 1. The molecule has 3 rings (SSSR count). The number of rotatable bonds is 7. The number of anilines is 1. The van der Waals surface area contributed by atoms with Crippen LogP contribution in [0.3, 0.4) is 0 Å². The van der Waals surface area contributed by atoms with Crippen molar-refractivity contribution in [1.29, 1.82) is 0 Å². The molecule has 10 nitrogen and oxygen atoms in total. The Labute approximate surface area is 170 Å². The first-order valence-electron chi connectivity index (χ1n) is 9.04. The quantitative estimate of drug-likeness (QED) is 0.320. The third-order valence-corrected chi connectivity index (χ3v) is 4.39. The van der Waals surface area contributed by atoms with Gasteiger partial charge in [-0.25, -0.2) is 4.79 Å². The summed E-state index contributed by atoms with van der Waals surface area (Å²) in [6.07, 6.45) is -0.219. The molecule has 0 spiro atoms. The summed E-state index contributed by atoms with van der Waals surface area (Å²) in [5, 5.41) is 13.7. The number of imide groups is 1. The summed E-state index contributed by atoms with van der Waals surface area (Å²) >= 11 is 0. The number of carbonyl (C=O) groups excluding carboxylic acids is 4. The van der Waals surface area contributed by atoms with Crippen molar-refractivity contribution in [2.45, 2.75) is 13.3 Å². The van der Waals surface area contributed by atoms with Gasteiger partial charge in [-0.15, -0.1) is 0 Å². The fourth-order valence-corrected chi connectivity index (χ4v) is 3.05. The van der Waals surface area contributed by atoms with Gasteiger partial charge >= 0.3 is 5.97 Å². The van der Waals surface area contributed by atoms with Crippen molar-refractivity contribution >= 4 is 35.1 Å². The average Bonchev–Trinajstić information content (AvgIpc) is 2.97. The van der Waals surface area contributed by atoms with E-state index in [1.807, 2.05) is 0 Å². The fourth-order valence-electron chi connectivity index (χ4n) is 3.05. The summed E-state index contributed by atoms with van der Waals surface area (Å²) in [5.74, 6) is -2.52. The molecule has 30 heavy (non-hydrogen) atoms. The zero-order valence-corrected chi connectivity index (χ0v) is 15.9. The molecular weight excluding hydrogens is 394 g/mol. The minimum absolute atomic E-state index is 0.0586. The number of carbonyl (C=O) groups is 4. The van der Waals surface area contributed by atoms with E-state index in [2.05, 4.69) is 5.32 Å². The van der Waals surface area contributed by atoms with Crippen LogP contribution in [0, 0.1) is 10.1 Å². The highest BCUT2D eigenvalue weighted by atomic mass is 16.6. The van der Waals surface area contributed by atoms with E-state index in [0.717, 1.165) is 11.0 Å². The van der Waals surface area contributed by atoms with E-state index in [0.29, 0.717) is 5.69 Å². The Balaban J connectivity index is 1.66. The molecule has 0 aliphatic carbocycles. The average molecular weight is 411 g/mol. The third kappa shape index (κ3) is 4.02. The summed E-state index contributed by atoms with van der Waals surface area (Å²) in [6, 6.07) is 9.95. The van der Waals surface area contributed by atoms with Gasteiger partial charge in [0.1, 0.15) is 5.56 Å². The lowest BCUT2D eigenvalue weighted by Gasteiger charge is -2.13. The van der Waals surface area contributed by atoms with Crippen LogP contribution in [0.15, 0.2) is 42.5 Å². The maximum Gasteiger partial charge on any atom is 0.338 e. The van der Waals surface area contributed by atoms with Gasteiger partial charge in [0.05, 0.1) is 22.7 Å². The molecule has 1 heterocycles. The van der Waals surface area contributed by atoms with E-state index < -0.39 is 34.3 Å². The molecular formula is C20H17N3O7. The number of hydrogen-bond donors (Lipinski definition) is 1. The van der Waals surface area contributed by atoms with Crippen molar-refractivity contribution in [1.82, 2.24) is 4.90 Å². The number of amides is 3. The molecule has 0 saturated carbocycles. The van der Waals surface area contributed by atoms with Crippen LogP contribution >= 0.6 is 0 Å². The molecule has 0 bridgehead atoms. The van der Waals surface area contributed by atoms with Crippen LogP contribution in [0.5, 0.6) is 0 Å². The van der Waals surface area contributed by atoms with Gasteiger partial charge in [-0.3, -0.25) is 29.4 Å². The lowest BCUT2D eigenvalue weighted by molar-refractivity contribution is -0.385. The van der Waals surface area contributed by atoms with Crippen molar-refractivity contribution in [2.75, 3.05) is 18.5 Å². The van der Waals surface area contributed by atoms with Crippen molar-refractivity contribution in [3.8, 4) is 0 Å². The van der Waals surface area contributed by atoms with Gasteiger partial charge in [-0.2, -0.15) is 0 Å². The first-order valence-corrected chi connectivity index (χ1v) is 9.04. The molecule has 2 aromatic rings. The molecule has 1 N–H and O–H groups in total. The van der Waals surface area contributed by atoms with Gasteiger partial charge < -0.3 is 10.1 Å². The summed E-state index contributed by atoms with van der Waals surface area (Å²) < 4.78 is 4.90. The highest BCUT2D eigenvalue weighted by molar-refractivity contribution is 6.23. The standard InChI is InChI=1S/C20H17N3O7/c1-2-30-20(27)12-5-3-6-13(11-12)21-16(24)9-10-22-18(25)14-7-4-8-15(23(28)29)17(14)19(22)26/h3-8,11H,2,9-10H2,1H3,(H,21,24). The first-order chi connectivity index (χ1) is 14.3. The van der Waals surface area contributed by atoms with E-state index in [1.54, 1.807) is 25.1 Å². The van der Waals surface area contributed by atoms with Gasteiger partial charge in [-0.05, 0) is 31.2 Å². The third-order valence-electron chi connectivity index (χ3n) is 4.39. The molecule has 2 aromatic carbocycles. The van der Waals surface area contributed by atoms with Crippen LogP contribution in [-0.2, 0) is 9.53 Å². The van der Waals surface area contributed by atoms with Crippen LogP contribution in [0.4, 0.5) is 11.4 Å². The molecule has 1 aliphatic heterocycles. The minimum atomic E-state index is -0.806. The van der Waals surface area contributed by atoms with Crippen LogP contribution in [0.1, 0.15) is 44.4 Å². The lowest BCUT2D eigenvalue weighted by atomic mass is 10.1. The van der Waals surface area contributed by atoms with Crippen molar-refractivity contribution < 1.29 is 28.8 Å². The topological polar surface area (TPSA) is 136 Å². The molecule has 154 valence electrons. The van der Waals surface area contributed by atoms with Gasteiger partial charge in [-0.1, -0.05) is 12.1 Å². The minimum Gasteiger partial charge on any atom is -0.462 e. The van der Waals surface area contributed by atoms with Crippen LogP contribution in [-0.4, -0.2) is 46.7 Å². The second-order valence-electron chi connectivity index (χ2n) is 6.32. The summed E-state index contributed by atoms with van der Waals surface area (Å²) in [7, 11) is 0.